The molecule has 8 nitrogen and oxygen atoms in total. The zero-order chi connectivity index (χ0) is 28.8. The van der Waals surface area contributed by atoms with E-state index in [2.05, 4.69) is 15.5 Å². The topological polar surface area (TPSA) is 94.1 Å². The number of rotatable bonds is 8. The summed E-state index contributed by atoms with van der Waals surface area (Å²) in [5.74, 6) is -0.0583. The zero-order valence-electron chi connectivity index (χ0n) is 22.7. The molecule has 3 aromatic carbocycles. The first kappa shape index (κ1) is 29.7. The molecule has 0 aromatic heterocycles. The van der Waals surface area contributed by atoms with Gasteiger partial charge in [0.05, 0.1) is 33.9 Å². The second-order valence-corrected chi connectivity index (χ2v) is 11.0. The van der Waals surface area contributed by atoms with Gasteiger partial charge in [-0.2, -0.15) is 0 Å². The third-order valence-electron chi connectivity index (χ3n) is 6.90. The smallest absolute Gasteiger partial charge is 0.323 e. The van der Waals surface area contributed by atoms with Gasteiger partial charge in [-0.15, -0.1) is 0 Å². The Hall–Kier alpha value is -3.30. The molecule has 0 saturated carbocycles. The molecular formula is C30H34Cl2N4O4. The lowest BCUT2D eigenvalue weighted by Gasteiger charge is -2.38. The van der Waals surface area contributed by atoms with Gasteiger partial charge in [0.15, 0.2) is 5.75 Å². The highest BCUT2D eigenvalue weighted by Crippen LogP contribution is 2.35. The highest BCUT2D eigenvalue weighted by atomic mass is 35.5. The third-order valence-corrected chi connectivity index (χ3v) is 7.64. The number of halogens is 2. The second-order valence-electron chi connectivity index (χ2n) is 10.2. The summed E-state index contributed by atoms with van der Waals surface area (Å²) in [6.07, 6.45) is -0.340. The number of amides is 3. The van der Waals surface area contributed by atoms with Crippen molar-refractivity contribution < 1.29 is 19.4 Å². The molecule has 0 aliphatic carbocycles. The Morgan fingerprint density at radius 2 is 1.85 bits per heavy atom. The highest BCUT2D eigenvalue weighted by Gasteiger charge is 2.34. The fourth-order valence-corrected chi connectivity index (χ4v) is 5.01. The molecule has 3 N–H and O–H groups in total. The molecule has 0 bridgehead atoms. The van der Waals surface area contributed by atoms with Gasteiger partial charge in [0, 0.05) is 31.2 Å². The van der Waals surface area contributed by atoms with Gasteiger partial charge in [-0.1, -0.05) is 60.5 Å². The Labute approximate surface area is 244 Å². The summed E-state index contributed by atoms with van der Waals surface area (Å²) in [4.78, 5) is 30.3. The van der Waals surface area contributed by atoms with E-state index in [0.29, 0.717) is 52.4 Å². The van der Waals surface area contributed by atoms with Crippen LogP contribution in [0.15, 0.2) is 66.7 Å². The fourth-order valence-electron chi connectivity index (χ4n) is 4.69. The number of hydrogen-bond donors (Lipinski definition) is 3. The number of aliphatic hydroxyl groups is 1. The van der Waals surface area contributed by atoms with E-state index in [4.69, 9.17) is 27.9 Å². The van der Waals surface area contributed by atoms with Gasteiger partial charge >= 0.3 is 6.03 Å². The Kier molecular flexibility index (Phi) is 9.92. The Bertz CT molecular complexity index is 1340. The molecule has 40 heavy (non-hydrogen) atoms. The van der Waals surface area contributed by atoms with Gasteiger partial charge < -0.3 is 25.4 Å². The second kappa shape index (κ2) is 13.4. The lowest BCUT2D eigenvalue weighted by molar-refractivity contribution is 0.0343. The number of carbonyl (C=O) groups excluding carboxylic acids is 2. The van der Waals surface area contributed by atoms with Crippen LogP contribution in [-0.2, 0) is 6.54 Å². The molecule has 3 amide bonds. The lowest BCUT2D eigenvalue weighted by atomic mass is 9.99. The van der Waals surface area contributed by atoms with Crippen LogP contribution in [0.25, 0.3) is 0 Å². The summed E-state index contributed by atoms with van der Waals surface area (Å²) >= 11 is 12.3. The van der Waals surface area contributed by atoms with E-state index in [1.165, 1.54) is 0 Å². The van der Waals surface area contributed by atoms with Crippen molar-refractivity contribution in [2.45, 2.75) is 32.5 Å². The summed E-state index contributed by atoms with van der Waals surface area (Å²) in [6, 6.07) is 18.9. The van der Waals surface area contributed by atoms with Crippen molar-refractivity contribution >= 4 is 46.5 Å². The number of aliphatic hydroxyl groups excluding tert-OH is 1. The SMILES string of the molecule is C[C@H]1CN([C@@H](C)CO)C(=O)c2cccc(NC(=O)Nc3ccccc3)c2O[C@H]1CN(C)Cc1ccc(Cl)c(Cl)c1. The van der Waals surface area contributed by atoms with E-state index >= 15 is 0 Å². The number of benzene rings is 3. The van der Waals surface area contributed by atoms with Crippen molar-refractivity contribution in [3.8, 4) is 5.75 Å². The van der Waals surface area contributed by atoms with Crippen LogP contribution in [0.3, 0.4) is 0 Å². The minimum Gasteiger partial charge on any atom is -0.486 e. The molecule has 0 fully saturated rings. The fraction of sp³-hybridized carbons (Fsp3) is 0.333. The maximum atomic E-state index is 13.7. The number of anilines is 2. The molecule has 1 aliphatic heterocycles. The summed E-state index contributed by atoms with van der Waals surface area (Å²) in [5.41, 5.74) is 2.33. The predicted octanol–water partition coefficient (Wildman–Crippen LogP) is 5.99. The summed E-state index contributed by atoms with van der Waals surface area (Å²) in [7, 11) is 1.98. The molecule has 0 saturated heterocycles. The number of para-hydroxylation sites is 2. The van der Waals surface area contributed by atoms with Gasteiger partial charge in [0.1, 0.15) is 6.10 Å². The summed E-state index contributed by atoms with van der Waals surface area (Å²) in [5, 5.41) is 16.6. The first-order valence-corrected chi connectivity index (χ1v) is 13.9. The molecular weight excluding hydrogens is 551 g/mol. The standard InChI is InChI=1S/C30H34Cl2N4O4/c1-19-15-36(20(2)18-37)29(38)23-10-7-11-26(34-30(39)33-22-8-5-4-6-9-22)28(23)40-27(19)17-35(3)16-21-12-13-24(31)25(32)14-21/h4-14,19-20,27,37H,15-18H2,1-3H3,(H2,33,34,39)/t19-,20-,27-/m0/s1. The van der Waals surface area contributed by atoms with Gasteiger partial charge in [0.25, 0.3) is 5.91 Å². The normalized spacial score (nSPS) is 17.9. The van der Waals surface area contributed by atoms with Gasteiger partial charge in [-0.25, -0.2) is 4.79 Å². The summed E-state index contributed by atoms with van der Waals surface area (Å²) < 4.78 is 6.57. The molecule has 3 atom stereocenters. The molecule has 4 rings (SSSR count). The zero-order valence-corrected chi connectivity index (χ0v) is 24.2. The molecule has 3 aromatic rings. The molecule has 0 unspecified atom stereocenters. The van der Waals surface area contributed by atoms with Crippen LogP contribution in [0.2, 0.25) is 10.0 Å². The van der Waals surface area contributed by atoms with E-state index in [1.54, 1.807) is 41.3 Å². The van der Waals surface area contributed by atoms with Gasteiger partial charge in [0.2, 0.25) is 0 Å². The minimum atomic E-state index is -0.459. The Morgan fingerprint density at radius 3 is 2.55 bits per heavy atom. The largest absolute Gasteiger partial charge is 0.486 e. The quantitative estimate of drug-likeness (QED) is 0.302. The predicted molar refractivity (Wildman–Crippen MR) is 159 cm³/mol. The van der Waals surface area contributed by atoms with E-state index in [0.717, 1.165) is 5.56 Å². The van der Waals surface area contributed by atoms with Crippen molar-refractivity contribution in [2.75, 3.05) is 37.4 Å². The molecule has 1 heterocycles. The third kappa shape index (κ3) is 7.26. The summed E-state index contributed by atoms with van der Waals surface area (Å²) in [6.45, 7) is 5.19. The lowest BCUT2D eigenvalue weighted by Crippen LogP contribution is -2.49. The number of likely N-dealkylation sites (N-methyl/N-ethyl adjacent to an activating group) is 1. The number of nitrogens with zero attached hydrogens (tertiary/aromatic N) is 2. The van der Waals surface area contributed by atoms with Crippen LogP contribution in [0.4, 0.5) is 16.2 Å². The number of carbonyl (C=O) groups is 2. The van der Waals surface area contributed by atoms with Crippen LogP contribution < -0.4 is 15.4 Å². The highest BCUT2D eigenvalue weighted by molar-refractivity contribution is 6.42. The van der Waals surface area contributed by atoms with Gasteiger partial charge in [-0.3, -0.25) is 9.69 Å². The van der Waals surface area contributed by atoms with Crippen LogP contribution >= 0.6 is 23.2 Å². The average Bonchev–Trinajstić information content (AvgIpc) is 2.93. The number of urea groups is 1. The van der Waals surface area contributed by atoms with Crippen molar-refractivity contribution in [1.82, 2.24) is 9.80 Å². The van der Waals surface area contributed by atoms with E-state index in [9.17, 15) is 14.7 Å². The maximum Gasteiger partial charge on any atom is 0.323 e. The molecule has 10 heteroatoms. The first-order valence-electron chi connectivity index (χ1n) is 13.1. The van der Waals surface area contributed by atoms with Crippen molar-refractivity contribution in [2.24, 2.45) is 5.92 Å². The molecule has 1 aliphatic rings. The van der Waals surface area contributed by atoms with Gasteiger partial charge in [-0.05, 0) is 55.9 Å². The van der Waals surface area contributed by atoms with E-state index in [1.807, 2.05) is 51.2 Å². The number of ether oxygens (including phenoxy) is 1. The monoisotopic (exact) mass is 584 g/mol. The van der Waals surface area contributed by atoms with Crippen molar-refractivity contribution in [1.29, 1.82) is 0 Å². The average molecular weight is 586 g/mol. The van der Waals surface area contributed by atoms with E-state index in [-0.39, 0.29) is 24.5 Å². The van der Waals surface area contributed by atoms with Crippen molar-refractivity contribution in [3.05, 3.63) is 87.9 Å². The number of fused-ring (bicyclic) bond motifs is 1. The van der Waals surface area contributed by atoms with Crippen LogP contribution in [0, 0.1) is 5.92 Å². The van der Waals surface area contributed by atoms with Crippen LogP contribution in [-0.4, -0.2) is 65.7 Å². The number of hydrogen-bond acceptors (Lipinski definition) is 5. The molecule has 212 valence electrons. The maximum absolute atomic E-state index is 13.7. The first-order chi connectivity index (χ1) is 19.2. The van der Waals surface area contributed by atoms with Crippen LogP contribution in [0.1, 0.15) is 29.8 Å². The van der Waals surface area contributed by atoms with Crippen molar-refractivity contribution in [3.63, 3.8) is 0 Å². The Balaban J connectivity index is 1.63. The van der Waals surface area contributed by atoms with E-state index < -0.39 is 12.1 Å². The van der Waals surface area contributed by atoms with Crippen LogP contribution in [0.5, 0.6) is 5.75 Å². The number of nitrogens with one attached hydrogen (secondary N) is 2. The molecule has 0 spiro atoms. The Morgan fingerprint density at radius 1 is 1.10 bits per heavy atom. The minimum absolute atomic E-state index is 0.0893. The molecule has 0 radical (unpaired) electrons.